The maximum Gasteiger partial charge on any atom is 0.270 e. The summed E-state index contributed by atoms with van der Waals surface area (Å²) < 4.78 is 13.7. The van der Waals surface area contributed by atoms with E-state index in [1.54, 1.807) is 24.3 Å². The van der Waals surface area contributed by atoms with Crippen molar-refractivity contribution in [3.05, 3.63) is 80.5 Å². The van der Waals surface area contributed by atoms with Gasteiger partial charge in [-0.15, -0.1) is 5.10 Å². The van der Waals surface area contributed by atoms with Gasteiger partial charge in [0.05, 0.1) is 16.0 Å². The van der Waals surface area contributed by atoms with Crippen LogP contribution in [0.3, 0.4) is 0 Å². The van der Waals surface area contributed by atoms with Gasteiger partial charge in [-0.05, 0) is 23.9 Å². The second kappa shape index (κ2) is 7.70. The number of non-ortho nitro benzene ring substituents is 1. The SMILES string of the molecule is O=C1NC(=NN=Cc2cccc([N+](=O)[O-])c2)S/C1=C/c1ccccc1F. The van der Waals surface area contributed by atoms with E-state index in [2.05, 4.69) is 15.5 Å². The number of thioether (sulfide) groups is 1. The highest BCUT2D eigenvalue weighted by Crippen LogP contribution is 2.26. The fourth-order valence-corrected chi connectivity index (χ4v) is 2.84. The van der Waals surface area contributed by atoms with Crippen LogP contribution < -0.4 is 5.32 Å². The molecule has 0 atom stereocenters. The average molecular weight is 370 g/mol. The topological polar surface area (TPSA) is 97.0 Å². The molecule has 7 nitrogen and oxygen atoms in total. The summed E-state index contributed by atoms with van der Waals surface area (Å²) in [5.74, 6) is -0.829. The molecule has 0 aromatic heterocycles. The molecule has 26 heavy (non-hydrogen) atoms. The minimum Gasteiger partial charge on any atom is -0.299 e. The molecule has 2 aromatic carbocycles. The summed E-state index contributed by atoms with van der Waals surface area (Å²) in [4.78, 5) is 22.4. The molecule has 0 bridgehead atoms. The number of amides is 1. The van der Waals surface area contributed by atoms with E-state index in [0.717, 1.165) is 11.8 Å². The number of nitro groups is 1. The van der Waals surface area contributed by atoms with Crippen LogP contribution in [0.1, 0.15) is 11.1 Å². The Morgan fingerprint density at radius 3 is 2.77 bits per heavy atom. The maximum absolute atomic E-state index is 13.7. The second-order valence-corrected chi connectivity index (χ2v) is 6.12. The normalized spacial score (nSPS) is 17.2. The molecule has 1 aliphatic heterocycles. The molecule has 0 radical (unpaired) electrons. The van der Waals surface area contributed by atoms with Crippen molar-refractivity contribution in [2.24, 2.45) is 10.2 Å². The van der Waals surface area contributed by atoms with Crippen molar-refractivity contribution in [3.63, 3.8) is 0 Å². The lowest BCUT2D eigenvalue weighted by molar-refractivity contribution is -0.384. The second-order valence-electron chi connectivity index (χ2n) is 5.09. The van der Waals surface area contributed by atoms with Crippen molar-refractivity contribution in [2.75, 3.05) is 0 Å². The number of benzene rings is 2. The third-order valence-electron chi connectivity index (χ3n) is 3.28. The lowest BCUT2D eigenvalue weighted by Crippen LogP contribution is -2.19. The van der Waals surface area contributed by atoms with E-state index in [1.165, 1.54) is 36.6 Å². The summed E-state index contributed by atoms with van der Waals surface area (Å²) in [5, 5.41) is 21.2. The Morgan fingerprint density at radius 2 is 2.00 bits per heavy atom. The Balaban J connectivity index is 1.73. The summed E-state index contributed by atoms with van der Waals surface area (Å²) in [7, 11) is 0. The van der Waals surface area contributed by atoms with Gasteiger partial charge >= 0.3 is 0 Å². The highest BCUT2D eigenvalue weighted by atomic mass is 32.2. The zero-order valence-corrected chi connectivity index (χ0v) is 13.9. The van der Waals surface area contributed by atoms with Gasteiger partial charge in [-0.25, -0.2) is 4.39 Å². The molecule has 0 aliphatic carbocycles. The van der Waals surface area contributed by atoms with Crippen LogP contribution in [-0.4, -0.2) is 22.2 Å². The minimum absolute atomic E-state index is 0.0553. The molecular formula is C17H11FN4O3S. The molecule has 0 spiro atoms. The van der Waals surface area contributed by atoms with Crippen molar-refractivity contribution in [1.29, 1.82) is 0 Å². The monoisotopic (exact) mass is 370 g/mol. The van der Waals surface area contributed by atoms with Gasteiger partial charge in [-0.2, -0.15) is 5.10 Å². The quantitative estimate of drug-likeness (QED) is 0.386. The molecule has 1 amide bonds. The Bertz CT molecular complexity index is 972. The molecule has 130 valence electrons. The van der Waals surface area contributed by atoms with E-state index in [0.29, 0.717) is 16.0 Å². The van der Waals surface area contributed by atoms with Gasteiger partial charge in [-0.3, -0.25) is 20.2 Å². The standard InChI is InChI=1S/C17H11FN4O3S/c18-14-7-2-1-5-12(14)9-15-16(23)20-17(26-15)21-19-10-11-4-3-6-13(8-11)22(24)25/h1-10H,(H,20,21,23)/b15-9+,19-10?. The van der Waals surface area contributed by atoms with Gasteiger partial charge in [-0.1, -0.05) is 30.3 Å². The van der Waals surface area contributed by atoms with E-state index < -0.39 is 16.6 Å². The number of amidine groups is 1. The van der Waals surface area contributed by atoms with E-state index in [9.17, 15) is 19.3 Å². The first-order chi connectivity index (χ1) is 12.5. The van der Waals surface area contributed by atoms with Crippen LogP contribution in [0, 0.1) is 15.9 Å². The molecule has 0 saturated carbocycles. The van der Waals surface area contributed by atoms with Gasteiger partial charge in [0, 0.05) is 23.3 Å². The van der Waals surface area contributed by atoms with Gasteiger partial charge in [0.25, 0.3) is 11.6 Å². The van der Waals surface area contributed by atoms with Gasteiger partial charge in [0.1, 0.15) is 5.82 Å². The van der Waals surface area contributed by atoms with Crippen LogP contribution in [0.5, 0.6) is 0 Å². The zero-order valence-electron chi connectivity index (χ0n) is 13.1. The summed E-state index contributed by atoms with van der Waals surface area (Å²) in [6.45, 7) is 0. The van der Waals surface area contributed by atoms with Gasteiger partial charge in [0.2, 0.25) is 0 Å². The number of halogens is 1. The predicted octanol–water partition coefficient (Wildman–Crippen LogP) is 3.33. The molecule has 1 heterocycles. The van der Waals surface area contributed by atoms with Crippen molar-refractivity contribution in [2.45, 2.75) is 0 Å². The van der Waals surface area contributed by atoms with Crippen LogP contribution >= 0.6 is 11.8 Å². The molecular weight excluding hydrogens is 359 g/mol. The molecule has 1 saturated heterocycles. The van der Waals surface area contributed by atoms with Crippen molar-refractivity contribution < 1.29 is 14.1 Å². The Morgan fingerprint density at radius 1 is 1.19 bits per heavy atom. The third kappa shape index (κ3) is 4.19. The first-order valence-electron chi connectivity index (χ1n) is 7.34. The number of rotatable bonds is 4. The predicted molar refractivity (Wildman–Crippen MR) is 98.2 cm³/mol. The van der Waals surface area contributed by atoms with Crippen LogP contribution in [0.15, 0.2) is 63.6 Å². The van der Waals surface area contributed by atoms with Crippen molar-refractivity contribution >= 4 is 40.8 Å². The first-order valence-corrected chi connectivity index (χ1v) is 8.15. The molecule has 9 heteroatoms. The Labute approximate surface area is 151 Å². The number of nitrogens with zero attached hydrogens (tertiary/aromatic N) is 3. The van der Waals surface area contributed by atoms with E-state index in [-0.39, 0.29) is 10.9 Å². The largest absolute Gasteiger partial charge is 0.299 e. The molecule has 2 aromatic rings. The highest BCUT2D eigenvalue weighted by Gasteiger charge is 2.24. The molecule has 1 fully saturated rings. The fraction of sp³-hybridized carbons (Fsp3) is 0. The molecule has 1 N–H and O–H groups in total. The highest BCUT2D eigenvalue weighted by molar-refractivity contribution is 8.18. The van der Waals surface area contributed by atoms with Crippen LogP contribution in [0.2, 0.25) is 0 Å². The summed E-state index contributed by atoms with van der Waals surface area (Å²) in [6.07, 6.45) is 2.77. The number of nitro benzene ring substituents is 1. The number of carbonyl (C=O) groups excluding carboxylic acids is 1. The van der Waals surface area contributed by atoms with E-state index >= 15 is 0 Å². The van der Waals surface area contributed by atoms with E-state index in [1.807, 2.05) is 0 Å². The van der Waals surface area contributed by atoms with Crippen LogP contribution in [0.4, 0.5) is 10.1 Å². The lowest BCUT2D eigenvalue weighted by atomic mass is 10.2. The number of hydrogen-bond donors (Lipinski definition) is 1. The average Bonchev–Trinajstić information content (AvgIpc) is 2.97. The minimum atomic E-state index is -0.504. The summed E-state index contributed by atoms with van der Waals surface area (Å²) in [5.41, 5.74) is 0.742. The smallest absolute Gasteiger partial charge is 0.270 e. The first kappa shape index (κ1) is 17.5. The Hall–Kier alpha value is -3.33. The molecule has 0 unspecified atom stereocenters. The van der Waals surface area contributed by atoms with E-state index in [4.69, 9.17) is 0 Å². The lowest BCUT2D eigenvalue weighted by Gasteiger charge is -1.96. The Kier molecular flexibility index (Phi) is 5.18. The third-order valence-corrected chi connectivity index (χ3v) is 4.18. The number of nitrogens with one attached hydrogen (secondary N) is 1. The number of hydrogen-bond acceptors (Lipinski definition) is 6. The van der Waals surface area contributed by atoms with Crippen molar-refractivity contribution in [3.8, 4) is 0 Å². The summed E-state index contributed by atoms with van der Waals surface area (Å²) >= 11 is 1.03. The van der Waals surface area contributed by atoms with Gasteiger partial charge in [0.15, 0.2) is 5.17 Å². The van der Waals surface area contributed by atoms with Crippen molar-refractivity contribution in [1.82, 2.24) is 5.32 Å². The fourth-order valence-electron chi connectivity index (χ4n) is 2.08. The molecule has 1 aliphatic rings. The van der Waals surface area contributed by atoms with Gasteiger partial charge < -0.3 is 0 Å². The van der Waals surface area contributed by atoms with Crippen LogP contribution in [-0.2, 0) is 4.79 Å². The molecule has 3 rings (SSSR count). The zero-order chi connectivity index (χ0) is 18.5. The maximum atomic E-state index is 13.7. The van der Waals surface area contributed by atoms with Crippen LogP contribution in [0.25, 0.3) is 6.08 Å². The number of carbonyl (C=O) groups is 1. The summed E-state index contributed by atoms with van der Waals surface area (Å²) in [6, 6.07) is 12.0.